The molecule has 0 radical (unpaired) electrons. The Morgan fingerprint density at radius 3 is 2.77 bits per heavy atom. The van der Waals surface area contributed by atoms with Crippen LogP contribution in [0.25, 0.3) is 0 Å². The van der Waals surface area contributed by atoms with Gasteiger partial charge in [-0.2, -0.15) is 0 Å². The summed E-state index contributed by atoms with van der Waals surface area (Å²) >= 11 is 0. The van der Waals surface area contributed by atoms with Crippen LogP contribution < -0.4 is 5.73 Å². The molecule has 0 atom stereocenters. The van der Waals surface area contributed by atoms with Gasteiger partial charge in [-0.3, -0.25) is 0 Å². The normalized spacial score (nSPS) is 16.4. The molecule has 4 heteroatoms. The lowest BCUT2D eigenvalue weighted by molar-refractivity contribution is 0.276. The molecule has 0 saturated heterocycles. The van der Waals surface area contributed by atoms with Crippen molar-refractivity contribution in [3.8, 4) is 0 Å². The van der Waals surface area contributed by atoms with Crippen molar-refractivity contribution in [2.75, 3.05) is 0 Å². The van der Waals surface area contributed by atoms with Crippen LogP contribution in [0.3, 0.4) is 0 Å². The summed E-state index contributed by atoms with van der Waals surface area (Å²) in [7, 11) is 0. The summed E-state index contributed by atoms with van der Waals surface area (Å²) in [5.41, 5.74) is 6.46. The molecule has 13 heavy (non-hydrogen) atoms. The number of hydrogen-bond acceptors (Lipinski definition) is 2. The van der Waals surface area contributed by atoms with Crippen LogP contribution in [0.5, 0.6) is 0 Å². The highest BCUT2D eigenvalue weighted by molar-refractivity contribution is 5.85. The fraction of sp³-hybridized carbons (Fsp3) is 0.667. The molecule has 1 saturated carbocycles. The zero-order valence-corrected chi connectivity index (χ0v) is 8.46. The van der Waals surface area contributed by atoms with E-state index in [1.807, 2.05) is 6.33 Å². The second-order valence-corrected chi connectivity index (χ2v) is 3.56. The van der Waals surface area contributed by atoms with E-state index >= 15 is 0 Å². The average molecular weight is 202 g/mol. The Labute approximate surface area is 84.7 Å². The maximum Gasteiger partial charge on any atom is 0.0950 e. The van der Waals surface area contributed by atoms with Crippen molar-refractivity contribution in [1.29, 1.82) is 0 Å². The molecule has 1 aromatic rings. The van der Waals surface area contributed by atoms with Gasteiger partial charge in [0.15, 0.2) is 0 Å². The summed E-state index contributed by atoms with van der Waals surface area (Å²) in [5, 5.41) is 0. The first-order valence-corrected chi connectivity index (χ1v) is 4.59. The quantitative estimate of drug-likeness (QED) is 0.807. The Morgan fingerprint density at radius 2 is 2.31 bits per heavy atom. The largest absolute Gasteiger partial charge is 0.337 e. The van der Waals surface area contributed by atoms with E-state index in [4.69, 9.17) is 5.73 Å². The van der Waals surface area contributed by atoms with Crippen LogP contribution >= 0.6 is 12.4 Å². The molecular formula is C9H16ClN3. The first-order valence-electron chi connectivity index (χ1n) is 4.59. The molecule has 0 amide bonds. The molecular weight excluding hydrogens is 186 g/mol. The summed E-state index contributed by atoms with van der Waals surface area (Å²) in [5.74, 6) is 0.893. The third kappa shape index (κ3) is 2.45. The van der Waals surface area contributed by atoms with E-state index in [-0.39, 0.29) is 12.4 Å². The fourth-order valence-electron chi connectivity index (χ4n) is 1.59. The minimum Gasteiger partial charge on any atom is -0.337 e. The minimum atomic E-state index is 0. The van der Waals surface area contributed by atoms with Crippen LogP contribution in [0.15, 0.2) is 12.5 Å². The van der Waals surface area contributed by atoms with Gasteiger partial charge >= 0.3 is 0 Å². The Kier molecular flexibility index (Phi) is 3.75. The van der Waals surface area contributed by atoms with Gasteiger partial charge in [0, 0.05) is 19.3 Å². The molecule has 74 valence electrons. The van der Waals surface area contributed by atoms with Gasteiger partial charge in [0.05, 0.1) is 12.0 Å². The Balaban J connectivity index is 0.000000845. The van der Waals surface area contributed by atoms with Crippen LogP contribution in [-0.4, -0.2) is 9.55 Å². The summed E-state index contributed by atoms with van der Waals surface area (Å²) in [4.78, 5) is 4.18. The average Bonchev–Trinajstić information content (AvgIpc) is 2.44. The second-order valence-electron chi connectivity index (χ2n) is 3.56. The minimum absolute atomic E-state index is 0. The van der Waals surface area contributed by atoms with Gasteiger partial charge in [-0.05, 0) is 18.8 Å². The number of nitrogens with zero attached hydrogens (tertiary/aromatic N) is 2. The van der Waals surface area contributed by atoms with Gasteiger partial charge in [0.2, 0.25) is 0 Å². The van der Waals surface area contributed by atoms with Crippen molar-refractivity contribution in [1.82, 2.24) is 9.55 Å². The first kappa shape index (κ1) is 10.5. The van der Waals surface area contributed by atoms with E-state index in [9.17, 15) is 0 Å². The molecule has 3 nitrogen and oxygen atoms in total. The van der Waals surface area contributed by atoms with Gasteiger partial charge in [0.1, 0.15) is 0 Å². The fourth-order valence-corrected chi connectivity index (χ4v) is 1.59. The van der Waals surface area contributed by atoms with Crippen molar-refractivity contribution in [3.63, 3.8) is 0 Å². The zero-order chi connectivity index (χ0) is 8.39. The lowest BCUT2D eigenvalue weighted by Gasteiger charge is -2.25. The molecule has 1 aliphatic carbocycles. The number of rotatable bonds is 3. The molecule has 2 rings (SSSR count). The van der Waals surface area contributed by atoms with E-state index in [1.165, 1.54) is 19.3 Å². The lowest BCUT2D eigenvalue weighted by atomic mass is 9.85. The predicted molar refractivity (Wildman–Crippen MR) is 54.7 cm³/mol. The van der Waals surface area contributed by atoms with Crippen LogP contribution in [0.4, 0.5) is 0 Å². The summed E-state index contributed by atoms with van der Waals surface area (Å²) in [6, 6.07) is 0. The Morgan fingerprint density at radius 1 is 1.54 bits per heavy atom. The van der Waals surface area contributed by atoms with Crippen LogP contribution in [0, 0.1) is 5.92 Å². The molecule has 0 unspecified atom stereocenters. The summed E-state index contributed by atoms with van der Waals surface area (Å²) < 4.78 is 2.16. The third-order valence-corrected chi connectivity index (χ3v) is 2.59. The van der Waals surface area contributed by atoms with Crippen molar-refractivity contribution < 1.29 is 0 Å². The molecule has 0 spiro atoms. The van der Waals surface area contributed by atoms with Gasteiger partial charge in [-0.25, -0.2) is 4.98 Å². The maximum atomic E-state index is 5.46. The standard InChI is InChI=1S/C9H15N3.ClH/c10-4-9-6-12(7-11-9)5-8-2-1-3-8;/h6-8H,1-5,10H2;1H. The molecule has 0 bridgehead atoms. The molecule has 1 aromatic heterocycles. The van der Waals surface area contributed by atoms with Crippen LogP contribution in [0.2, 0.25) is 0 Å². The molecule has 0 aliphatic heterocycles. The molecule has 1 heterocycles. The summed E-state index contributed by atoms with van der Waals surface area (Å²) in [6.45, 7) is 1.69. The van der Waals surface area contributed by atoms with Gasteiger partial charge < -0.3 is 10.3 Å². The first-order chi connectivity index (χ1) is 5.88. The molecule has 0 aromatic carbocycles. The van der Waals surface area contributed by atoms with E-state index in [0.29, 0.717) is 6.54 Å². The molecule has 1 aliphatic rings. The molecule has 2 N–H and O–H groups in total. The number of nitrogens with two attached hydrogens (primary N) is 1. The maximum absolute atomic E-state index is 5.46. The Bertz CT molecular complexity index is 255. The van der Waals surface area contributed by atoms with E-state index in [1.54, 1.807) is 0 Å². The van der Waals surface area contributed by atoms with Crippen molar-refractivity contribution in [2.45, 2.75) is 32.4 Å². The van der Waals surface area contributed by atoms with Crippen LogP contribution in [0.1, 0.15) is 25.0 Å². The Hall–Kier alpha value is -0.540. The van der Waals surface area contributed by atoms with Gasteiger partial charge in [0.25, 0.3) is 0 Å². The second kappa shape index (κ2) is 4.63. The lowest BCUT2D eigenvalue weighted by Crippen LogP contribution is -2.17. The van der Waals surface area contributed by atoms with E-state index < -0.39 is 0 Å². The van der Waals surface area contributed by atoms with Gasteiger partial charge in [-0.15, -0.1) is 12.4 Å². The highest BCUT2D eigenvalue weighted by Gasteiger charge is 2.17. The van der Waals surface area contributed by atoms with Crippen LogP contribution in [-0.2, 0) is 13.1 Å². The number of aromatic nitrogens is 2. The summed E-state index contributed by atoms with van der Waals surface area (Å²) in [6.07, 6.45) is 8.12. The number of halogens is 1. The zero-order valence-electron chi connectivity index (χ0n) is 7.65. The number of imidazole rings is 1. The molecule has 1 fully saturated rings. The number of hydrogen-bond donors (Lipinski definition) is 1. The van der Waals surface area contributed by atoms with Crippen molar-refractivity contribution in [3.05, 3.63) is 18.2 Å². The third-order valence-electron chi connectivity index (χ3n) is 2.59. The highest BCUT2D eigenvalue weighted by atomic mass is 35.5. The van der Waals surface area contributed by atoms with E-state index in [0.717, 1.165) is 18.2 Å². The topological polar surface area (TPSA) is 43.8 Å². The van der Waals surface area contributed by atoms with Gasteiger partial charge in [-0.1, -0.05) is 6.42 Å². The monoisotopic (exact) mass is 201 g/mol. The van der Waals surface area contributed by atoms with Crippen molar-refractivity contribution >= 4 is 12.4 Å². The predicted octanol–water partition coefficient (Wildman–Crippen LogP) is 1.56. The SMILES string of the molecule is Cl.NCc1cn(CC2CCC2)cn1. The van der Waals surface area contributed by atoms with Crippen molar-refractivity contribution in [2.24, 2.45) is 11.7 Å². The van der Waals surface area contributed by atoms with E-state index in [2.05, 4.69) is 15.7 Å². The smallest absolute Gasteiger partial charge is 0.0950 e. The highest BCUT2D eigenvalue weighted by Crippen LogP contribution is 2.27.